The molecule has 0 saturated carbocycles. The van der Waals surface area contributed by atoms with Gasteiger partial charge < -0.3 is 15.0 Å². The summed E-state index contributed by atoms with van der Waals surface area (Å²) in [6.07, 6.45) is -1.32. The number of allylic oxidation sites excluding steroid dienone is 2. The van der Waals surface area contributed by atoms with Gasteiger partial charge in [-0.05, 0) is 48.9 Å². The van der Waals surface area contributed by atoms with Gasteiger partial charge in [0.15, 0.2) is 0 Å². The number of anilines is 1. The highest BCUT2D eigenvalue weighted by Crippen LogP contribution is 2.34. The zero-order chi connectivity index (χ0) is 21.2. The predicted octanol–water partition coefficient (Wildman–Crippen LogP) is 4.60. The van der Waals surface area contributed by atoms with Crippen LogP contribution in [-0.4, -0.2) is 17.0 Å². The van der Waals surface area contributed by atoms with Crippen molar-refractivity contribution in [3.63, 3.8) is 0 Å². The van der Waals surface area contributed by atoms with Crippen molar-refractivity contribution in [1.29, 1.82) is 0 Å². The summed E-state index contributed by atoms with van der Waals surface area (Å²) in [5.41, 5.74) is -1.02. The number of rotatable bonds is 4. The van der Waals surface area contributed by atoms with Gasteiger partial charge in [0.25, 0.3) is 5.91 Å². The summed E-state index contributed by atoms with van der Waals surface area (Å²) in [6, 6.07) is 5.04. The van der Waals surface area contributed by atoms with Gasteiger partial charge in [-0.25, -0.2) is 4.39 Å². The van der Waals surface area contributed by atoms with E-state index < -0.39 is 35.1 Å². The molecular formula is C20H16F4N2O3. The van der Waals surface area contributed by atoms with Gasteiger partial charge in [-0.2, -0.15) is 13.2 Å². The summed E-state index contributed by atoms with van der Waals surface area (Å²) < 4.78 is 58.4. The molecule has 9 heteroatoms. The second kappa shape index (κ2) is 7.94. The van der Waals surface area contributed by atoms with Crippen molar-refractivity contribution in [3.8, 4) is 5.75 Å². The minimum Gasteiger partial charge on any atom is -0.485 e. The number of benzene rings is 1. The van der Waals surface area contributed by atoms with Crippen LogP contribution >= 0.6 is 0 Å². The normalized spacial score (nSPS) is 16.7. The van der Waals surface area contributed by atoms with E-state index in [1.807, 2.05) is 0 Å². The number of aromatic amines is 1. The number of hydrogen-bond acceptors (Lipinski definition) is 3. The molecule has 0 saturated heterocycles. The van der Waals surface area contributed by atoms with E-state index in [1.165, 1.54) is 24.4 Å². The van der Waals surface area contributed by atoms with Crippen molar-refractivity contribution in [1.82, 2.24) is 4.98 Å². The number of H-pyrrole nitrogens is 1. The largest absolute Gasteiger partial charge is 0.485 e. The molecule has 1 aromatic carbocycles. The number of aromatic nitrogens is 1. The van der Waals surface area contributed by atoms with E-state index in [1.54, 1.807) is 6.92 Å². The van der Waals surface area contributed by atoms with Crippen molar-refractivity contribution in [2.75, 3.05) is 5.32 Å². The minimum atomic E-state index is -4.65. The fourth-order valence-electron chi connectivity index (χ4n) is 2.74. The molecule has 1 heterocycles. The first-order valence-corrected chi connectivity index (χ1v) is 8.55. The lowest BCUT2D eigenvalue weighted by Gasteiger charge is -2.23. The highest BCUT2D eigenvalue weighted by Gasteiger charge is 2.32. The van der Waals surface area contributed by atoms with Gasteiger partial charge in [-0.1, -0.05) is 0 Å². The van der Waals surface area contributed by atoms with Crippen LogP contribution in [0.1, 0.15) is 29.3 Å². The molecule has 29 heavy (non-hydrogen) atoms. The van der Waals surface area contributed by atoms with Crippen LogP contribution in [-0.2, 0) is 6.18 Å². The molecule has 0 radical (unpaired) electrons. The van der Waals surface area contributed by atoms with Crippen LogP contribution in [0.25, 0.3) is 0 Å². The molecule has 1 aromatic heterocycles. The monoisotopic (exact) mass is 408 g/mol. The molecule has 1 unspecified atom stereocenters. The zero-order valence-electron chi connectivity index (χ0n) is 15.1. The van der Waals surface area contributed by atoms with E-state index in [0.717, 1.165) is 18.2 Å². The van der Waals surface area contributed by atoms with Crippen LogP contribution in [0.3, 0.4) is 0 Å². The average molecular weight is 408 g/mol. The second-order valence-electron chi connectivity index (χ2n) is 6.42. The first-order chi connectivity index (χ1) is 13.6. The Labute approximate surface area is 162 Å². The summed E-state index contributed by atoms with van der Waals surface area (Å²) in [6.45, 7) is 1.63. The zero-order valence-corrected chi connectivity index (χ0v) is 15.1. The third-order valence-corrected chi connectivity index (χ3v) is 4.26. The molecule has 152 valence electrons. The molecule has 1 aliphatic carbocycles. The molecule has 5 nitrogen and oxygen atoms in total. The smallest absolute Gasteiger partial charge is 0.416 e. The van der Waals surface area contributed by atoms with E-state index >= 15 is 0 Å². The van der Waals surface area contributed by atoms with Crippen molar-refractivity contribution in [2.24, 2.45) is 0 Å². The molecule has 1 aliphatic rings. The maximum absolute atomic E-state index is 13.3. The number of halogens is 4. The van der Waals surface area contributed by atoms with E-state index in [2.05, 4.69) is 10.3 Å². The lowest BCUT2D eigenvalue weighted by atomic mass is 10.0. The first-order valence-electron chi connectivity index (χ1n) is 8.55. The van der Waals surface area contributed by atoms with Crippen LogP contribution in [0.15, 0.2) is 64.9 Å². The molecule has 1 amide bonds. The third kappa shape index (κ3) is 4.92. The summed E-state index contributed by atoms with van der Waals surface area (Å²) in [4.78, 5) is 26.1. The van der Waals surface area contributed by atoms with Crippen LogP contribution in [0.4, 0.5) is 23.2 Å². The average Bonchev–Trinajstić information content (AvgIpc) is 2.65. The second-order valence-corrected chi connectivity index (χ2v) is 6.42. The summed E-state index contributed by atoms with van der Waals surface area (Å²) in [5, 5.41) is 2.42. The Hall–Kier alpha value is -3.36. The number of nitrogens with one attached hydrogen (secondary N) is 2. The van der Waals surface area contributed by atoms with Gasteiger partial charge in [0, 0.05) is 18.7 Å². The maximum Gasteiger partial charge on any atom is 0.416 e. The topological polar surface area (TPSA) is 71.2 Å². The highest BCUT2D eigenvalue weighted by atomic mass is 19.4. The molecule has 0 bridgehead atoms. The summed E-state index contributed by atoms with van der Waals surface area (Å²) >= 11 is 0. The fraction of sp³-hybridized carbons (Fsp3) is 0.200. The fourth-order valence-corrected chi connectivity index (χ4v) is 2.74. The third-order valence-electron chi connectivity index (χ3n) is 4.26. The Balaban J connectivity index is 1.93. The molecule has 0 fully saturated rings. The summed E-state index contributed by atoms with van der Waals surface area (Å²) in [7, 11) is 0. The van der Waals surface area contributed by atoms with Crippen molar-refractivity contribution in [2.45, 2.75) is 25.6 Å². The van der Waals surface area contributed by atoms with Crippen LogP contribution in [0, 0.1) is 0 Å². The molecule has 2 aromatic rings. The number of ether oxygens (including phenoxy) is 1. The minimum absolute atomic E-state index is 0.0756. The molecule has 0 aliphatic heterocycles. The molecule has 0 spiro atoms. The van der Waals surface area contributed by atoms with E-state index in [-0.39, 0.29) is 23.4 Å². The summed E-state index contributed by atoms with van der Waals surface area (Å²) in [5.74, 6) is -1.35. The molecular weight excluding hydrogens is 392 g/mol. The number of carbonyl (C=O) groups is 1. The number of alkyl halides is 3. The maximum atomic E-state index is 13.3. The van der Waals surface area contributed by atoms with Gasteiger partial charge in [0.2, 0.25) is 5.56 Å². The number of amides is 1. The molecule has 2 N–H and O–H groups in total. The molecule has 1 atom stereocenters. The van der Waals surface area contributed by atoms with Gasteiger partial charge in [-0.15, -0.1) is 0 Å². The lowest BCUT2D eigenvalue weighted by Crippen LogP contribution is -2.22. The van der Waals surface area contributed by atoms with Gasteiger partial charge in [0.05, 0.1) is 16.8 Å². The first kappa shape index (κ1) is 20.4. The Bertz CT molecular complexity index is 1030. The lowest BCUT2D eigenvalue weighted by molar-refractivity contribution is -0.137. The predicted molar refractivity (Wildman–Crippen MR) is 98.4 cm³/mol. The Morgan fingerprint density at radius 1 is 1.24 bits per heavy atom. The van der Waals surface area contributed by atoms with Crippen molar-refractivity contribution >= 4 is 11.6 Å². The number of carbonyl (C=O) groups excluding carboxylic acids is 1. The Kier molecular flexibility index (Phi) is 5.58. The molecule has 3 rings (SSSR count). The van der Waals surface area contributed by atoms with Crippen molar-refractivity contribution in [3.05, 3.63) is 81.6 Å². The number of hydrogen-bond donors (Lipinski definition) is 2. The standard InChI is InChI=1S/C20H16F4N2O3/c1-11-8-13(21)3-6-16(11)29-17-5-2-12(20(22,23)24)9-15(17)19(28)26-14-4-7-18(27)25-10-14/h2-5,7-10,16H,6H2,1H3,(H,25,27)(H,26,28). The van der Waals surface area contributed by atoms with Crippen LogP contribution in [0.5, 0.6) is 5.75 Å². The quantitative estimate of drug-likeness (QED) is 0.727. The van der Waals surface area contributed by atoms with E-state index in [9.17, 15) is 27.2 Å². The highest BCUT2D eigenvalue weighted by molar-refractivity contribution is 6.06. The van der Waals surface area contributed by atoms with Crippen LogP contribution in [0.2, 0.25) is 0 Å². The Morgan fingerprint density at radius 2 is 2.00 bits per heavy atom. The van der Waals surface area contributed by atoms with Crippen LogP contribution < -0.4 is 15.6 Å². The number of pyridine rings is 1. The Morgan fingerprint density at radius 3 is 2.62 bits per heavy atom. The van der Waals surface area contributed by atoms with Gasteiger partial charge >= 0.3 is 6.18 Å². The SMILES string of the molecule is CC1=CC(F)=CCC1Oc1ccc(C(F)(F)F)cc1C(=O)Nc1ccc(=O)[nH]c1. The van der Waals surface area contributed by atoms with E-state index in [0.29, 0.717) is 11.6 Å². The van der Waals surface area contributed by atoms with Gasteiger partial charge in [0.1, 0.15) is 17.7 Å². The van der Waals surface area contributed by atoms with Crippen molar-refractivity contribution < 1.29 is 27.1 Å². The van der Waals surface area contributed by atoms with E-state index in [4.69, 9.17) is 4.74 Å². The van der Waals surface area contributed by atoms with Gasteiger partial charge in [-0.3, -0.25) is 9.59 Å².